The molecule has 0 spiro atoms. The zero-order valence-corrected chi connectivity index (χ0v) is 10.2. The molecule has 0 amide bonds. The number of carbonyl (C=O) groups is 1. The molecule has 0 rings (SSSR count). The fourth-order valence-corrected chi connectivity index (χ4v) is 1.65. The van der Waals surface area contributed by atoms with Gasteiger partial charge in [-0.25, -0.2) is 4.39 Å². The van der Waals surface area contributed by atoms with Crippen LogP contribution in [0.25, 0.3) is 0 Å². The Kier molecular flexibility index (Phi) is 7.27. The Morgan fingerprint density at radius 2 is 2.00 bits per heavy atom. The maximum atomic E-state index is 14.0. The van der Waals surface area contributed by atoms with Gasteiger partial charge in [-0.05, 0) is 39.5 Å². The summed E-state index contributed by atoms with van der Waals surface area (Å²) in [6, 6.07) is 0. The van der Waals surface area contributed by atoms with Gasteiger partial charge in [0.05, 0.1) is 0 Å². The third kappa shape index (κ3) is 7.29. The summed E-state index contributed by atoms with van der Waals surface area (Å²) in [5.41, 5.74) is -1.13. The first-order chi connectivity index (χ1) is 7.04. The Labute approximate surface area is 92.8 Å². The lowest BCUT2D eigenvalue weighted by Gasteiger charge is -2.19. The van der Waals surface area contributed by atoms with E-state index in [2.05, 4.69) is 0 Å². The minimum Gasteiger partial charge on any atom is -0.300 e. The summed E-state index contributed by atoms with van der Waals surface area (Å²) in [6.45, 7) is 5.32. The second-order valence-corrected chi connectivity index (χ2v) is 4.15. The monoisotopic (exact) mass is 214 g/mol. The molecule has 1 unspecified atom stereocenters. The Morgan fingerprint density at radius 3 is 2.47 bits per heavy atom. The van der Waals surface area contributed by atoms with Gasteiger partial charge in [-0.3, -0.25) is 0 Å². The van der Waals surface area contributed by atoms with Crippen molar-refractivity contribution in [3.8, 4) is 0 Å². The quantitative estimate of drug-likeness (QED) is 0.436. The maximum Gasteiger partial charge on any atom is 0.129 e. The highest BCUT2D eigenvalue weighted by molar-refractivity contribution is 5.75. The SMILES string of the molecule is C/C=C/C(F)(CC)CCCCCC(C)=O. The van der Waals surface area contributed by atoms with Gasteiger partial charge in [-0.15, -0.1) is 0 Å². The highest BCUT2D eigenvalue weighted by Gasteiger charge is 2.22. The topological polar surface area (TPSA) is 17.1 Å². The fraction of sp³-hybridized carbons (Fsp3) is 0.769. The summed E-state index contributed by atoms with van der Waals surface area (Å²) in [7, 11) is 0. The number of ketones is 1. The lowest BCUT2D eigenvalue weighted by molar-refractivity contribution is -0.117. The van der Waals surface area contributed by atoms with Crippen LogP contribution in [0.1, 0.15) is 59.3 Å². The minimum absolute atomic E-state index is 0.227. The van der Waals surface area contributed by atoms with Crippen molar-refractivity contribution < 1.29 is 9.18 Å². The fourth-order valence-electron chi connectivity index (χ4n) is 1.65. The molecular formula is C13H23FO. The summed E-state index contributed by atoms with van der Waals surface area (Å²) in [4.78, 5) is 10.7. The Morgan fingerprint density at radius 1 is 1.33 bits per heavy atom. The van der Waals surface area contributed by atoms with Crippen LogP contribution >= 0.6 is 0 Å². The molecule has 0 aromatic rings. The van der Waals surface area contributed by atoms with Crippen molar-refractivity contribution in [1.29, 1.82) is 0 Å². The molecule has 0 bridgehead atoms. The van der Waals surface area contributed by atoms with Crippen LogP contribution < -0.4 is 0 Å². The highest BCUT2D eigenvalue weighted by atomic mass is 19.1. The first kappa shape index (κ1) is 14.3. The molecule has 0 saturated carbocycles. The number of hydrogen-bond donors (Lipinski definition) is 0. The molecule has 15 heavy (non-hydrogen) atoms. The van der Waals surface area contributed by atoms with Crippen LogP contribution in [0.2, 0.25) is 0 Å². The van der Waals surface area contributed by atoms with Gasteiger partial charge in [0.15, 0.2) is 0 Å². The minimum atomic E-state index is -1.13. The largest absolute Gasteiger partial charge is 0.300 e. The molecule has 0 heterocycles. The van der Waals surface area contributed by atoms with E-state index in [-0.39, 0.29) is 5.78 Å². The number of halogens is 1. The molecule has 0 aromatic carbocycles. The molecule has 0 aliphatic carbocycles. The van der Waals surface area contributed by atoms with Crippen LogP contribution in [0.15, 0.2) is 12.2 Å². The van der Waals surface area contributed by atoms with Crippen molar-refractivity contribution in [3.05, 3.63) is 12.2 Å². The Bertz CT molecular complexity index is 211. The number of hydrogen-bond acceptors (Lipinski definition) is 1. The molecule has 0 N–H and O–H groups in total. The smallest absolute Gasteiger partial charge is 0.129 e. The van der Waals surface area contributed by atoms with E-state index in [4.69, 9.17) is 0 Å². The van der Waals surface area contributed by atoms with Crippen molar-refractivity contribution in [3.63, 3.8) is 0 Å². The van der Waals surface area contributed by atoms with Crippen LogP contribution in [-0.4, -0.2) is 11.5 Å². The van der Waals surface area contributed by atoms with Gasteiger partial charge in [0.25, 0.3) is 0 Å². The first-order valence-corrected chi connectivity index (χ1v) is 5.86. The molecule has 0 saturated heterocycles. The second kappa shape index (κ2) is 7.61. The van der Waals surface area contributed by atoms with Crippen molar-refractivity contribution in [2.45, 2.75) is 65.0 Å². The van der Waals surface area contributed by atoms with Crippen LogP contribution in [0.4, 0.5) is 4.39 Å². The van der Waals surface area contributed by atoms with Crippen LogP contribution in [0, 0.1) is 0 Å². The summed E-state index contributed by atoms with van der Waals surface area (Å²) in [5.74, 6) is 0.227. The standard InChI is InChI=1S/C13H23FO/c1-4-10-13(14,5-2)11-8-6-7-9-12(3)15/h4,10H,5-9,11H2,1-3H3/b10-4+. The van der Waals surface area contributed by atoms with E-state index in [0.717, 1.165) is 19.3 Å². The van der Waals surface area contributed by atoms with E-state index >= 15 is 0 Å². The van der Waals surface area contributed by atoms with Crippen LogP contribution in [0.3, 0.4) is 0 Å². The van der Waals surface area contributed by atoms with E-state index in [0.29, 0.717) is 19.3 Å². The van der Waals surface area contributed by atoms with E-state index in [1.54, 1.807) is 19.1 Å². The Hall–Kier alpha value is -0.660. The molecule has 0 aliphatic heterocycles. The zero-order chi connectivity index (χ0) is 11.7. The molecule has 1 nitrogen and oxygen atoms in total. The predicted molar refractivity (Wildman–Crippen MR) is 62.7 cm³/mol. The van der Waals surface area contributed by atoms with Gasteiger partial charge >= 0.3 is 0 Å². The molecule has 0 radical (unpaired) electrons. The van der Waals surface area contributed by atoms with Gasteiger partial charge in [0.2, 0.25) is 0 Å². The molecule has 0 aromatic heterocycles. The first-order valence-electron chi connectivity index (χ1n) is 5.86. The maximum absolute atomic E-state index is 14.0. The van der Waals surface area contributed by atoms with Gasteiger partial charge in [-0.2, -0.15) is 0 Å². The van der Waals surface area contributed by atoms with Crippen LogP contribution in [-0.2, 0) is 4.79 Å². The lowest BCUT2D eigenvalue weighted by atomic mass is 9.94. The summed E-state index contributed by atoms with van der Waals surface area (Å²) in [5, 5.41) is 0. The summed E-state index contributed by atoms with van der Waals surface area (Å²) in [6.07, 6.45) is 7.87. The zero-order valence-electron chi connectivity index (χ0n) is 10.2. The van der Waals surface area contributed by atoms with E-state index in [1.807, 2.05) is 13.8 Å². The van der Waals surface area contributed by atoms with Gasteiger partial charge < -0.3 is 4.79 Å². The van der Waals surface area contributed by atoms with Crippen LogP contribution in [0.5, 0.6) is 0 Å². The summed E-state index contributed by atoms with van der Waals surface area (Å²) < 4.78 is 14.0. The molecule has 88 valence electrons. The molecule has 0 fully saturated rings. The number of carbonyl (C=O) groups excluding carboxylic acids is 1. The number of Topliss-reactive ketones (excluding diaryl/α,β-unsaturated/α-hetero) is 1. The summed E-state index contributed by atoms with van der Waals surface area (Å²) >= 11 is 0. The van der Waals surface area contributed by atoms with E-state index < -0.39 is 5.67 Å². The van der Waals surface area contributed by atoms with Crippen molar-refractivity contribution >= 4 is 5.78 Å². The van der Waals surface area contributed by atoms with Gasteiger partial charge in [-0.1, -0.05) is 25.5 Å². The third-order valence-corrected chi connectivity index (χ3v) is 2.67. The molecule has 2 heteroatoms. The average molecular weight is 214 g/mol. The second-order valence-electron chi connectivity index (χ2n) is 4.15. The number of unbranched alkanes of at least 4 members (excludes halogenated alkanes) is 2. The predicted octanol–water partition coefficient (Wildman–Crippen LogP) is 4.22. The number of alkyl halides is 1. The molecular weight excluding hydrogens is 191 g/mol. The van der Waals surface area contributed by atoms with Crippen molar-refractivity contribution in [2.24, 2.45) is 0 Å². The van der Waals surface area contributed by atoms with E-state index in [1.165, 1.54) is 0 Å². The normalized spacial score (nSPS) is 15.5. The van der Waals surface area contributed by atoms with Gasteiger partial charge in [0, 0.05) is 6.42 Å². The Balaban J connectivity index is 3.68. The van der Waals surface area contributed by atoms with E-state index in [9.17, 15) is 9.18 Å². The number of allylic oxidation sites excluding steroid dienone is 2. The third-order valence-electron chi connectivity index (χ3n) is 2.67. The average Bonchev–Trinajstić information content (AvgIpc) is 2.17. The lowest BCUT2D eigenvalue weighted by Crippen LogP contribution is -2.17. The molecule has 1 atom stereocenters. The molecule has 0 aliphatic rings. The van der Waals surface area contributed by atoms with Gasteiger partial charge in [0.1, 0.15) is 11.5 Å². The number of rotatable bonds is 8. The highest BCUT2D eigenvalue weighted by Crippen LogP contribution is 2.25. The van der Waals surface area contributed by atoms with Crippen molar-refractivity contribution in [1.82, 2.24) is 0 Å². The van der Waals surface area contributed by atoms with Crippen molar-refractivity contribution in [2.75, 3.05) is 0 Å².